The summed E-state index contributed by atoms with van der Waals surface area (Å²) in [7, 11) is 0. The second-order valence-electron chi connectivity index (χ2n) is 7.02. The molecule has 0 radical (unpaired) electrons. The second kappa shape index (κ2) is 8.48. The van der Waals surface area contributed by atoms with Crippen molar-refractivity contribution in [3.05, 3.63) is 65.5 Å². The maximum absolute atomic E-state index is 12.6. The van der Waals surface area contributed by atoms with Gasteiger partial charge in [-0.15, -0.1) is 0 Å². The van der Waals surface area contributed by atoms with Crippen LogP contribution in [-0.2, 0) is 10.5 Å². The summed E-state index contributed by atoms with van der Waals surface area (Å²) in [4.78, 5) is 28.7. The van der Waals surface area contributed by atoms with E-state index in [1.165, 1.54) is 6.33 Å². The molecule has 3 N–H and O–H groups in total. The van der Waals surface area contributed by atoms with Crippen LogP contribution in [0.1, 0.15) is 34.3 Å². The van der Waals surface area contributed by atoms with Crippen LogP contribution in [0, 0.1) is 12.8 Å². The molecule has 2 amide bonds. The van der Waals surface area contributed by atoms with E-state index in [2.05, 4.69) is 25.8 Å². The summed E-state index contributed by atoms with van der Waals surface area (Å²) < 4.78 is 0. The fourth-order valence-electron chi connectivity index (χ4n) is 2.79. The number of hydrogen-bond acceptors (Lipinski definition) is 5. The van der Waals surface area contributed by atoms with Crippen molar-refractivity contribution < 1.29 is 9.59 Å². The number of amides is 2. The summed E-state index contributed by atoms with van der Waals surface area (Å²) in [6, 6.07) is 13.0. The van der Waals surface area contributed by atoms with Crippen molar-refractivity contribution in [1.82, 2.24) is 15.2 Å². The third kappa shape index (κ3) is 5.03. The van der Waals surface area contributed by atoms with Crippen molar-refractivity contribution in [2.75, 3.05) is 10.6 Å². The third-order valence-electron chi connectivity index (χ3n) is 4.69. The number of carbonyl (C=O) groups is 2. The Labute approximate surface area is 172 Å². The minimum absolute atomic E-state index is 0.0462. The van der Waals surface area contributed by atoms with E-state index >= 15 is 0 Å². The van der Waals surface area contributed by atoms with E-state index in [1.807, 2.05) is 31.2 Å². The van der Waals surface area contributed by atoms with Crippen molar-refractivity contribution in [2.45, 2.75) is 30.7 Å². The Morgan fingerprint density at radius 1 is 1.14 bits per heavy atom. The van der Waals surface area contributed by atoms with E-state index in [4.69, 9.17) is 0 Å². The van der Waals surface area contributed by atoms with Gasteiger partial charge in [0, 0.05) is 28.6 Å². The molecule has 0 saturated heterocycles. The standard InChI is InChI=1S/C21H21N5O2S/c1-13-2-9-17(24-19(27)16-7-8-16)10-18(13)25-20(28)15-5-3-14(4-6-15)11-29-21-22-12-23-26-21/h2-6,9-10,12,16H,7-8,11H2,1H3,(H,24,27)(H,25,28)(H,22,23,26). The molecule has 1 fully saturated rings. The molecule has 2 aromatic carbocycles. The lowest BCUT2D eigenvalue weighted by Gasteiger charge is -2.12. The zero-order valence-electron chi connectivity index (χ0n) is 15.9. The van der Waals surface area contributed by atoms with Gasteiger partial charge in [-0.3, -0.25) is 14.7 Å². The highest BCUT2D eigenvalue weighted by Gasteiger charge is 2.29. The van der Waals surface area contributed by atoms with Crippen LogP contribution in [-0.4, -0.2) is 27.0 Å². The number of aryl methyl sites for hydroxylation is 1. The zero-order valence-corrected chi connectivity index (χ0v) is 16.8. The number of thioether (sulfide) groups is 1. The van der Waals surface area contributed by atoms with Crippen LogP contribution < -0.4 is 10.6 Å². The largest absolute Gasteiger partial charge is 0.326 e. The fraction of sp³-hybridized carbons (Fsp3) is 0.238. The molecule has 0 unspecified atom stereocenters. The Hall–Kier alpha value is -3.13. The maximum Gasteiger partial charge on any atom is 0.255 e. The molecule has 1 aliphatic rings. The number of carbonyl (C=O) groups excluding carboxylic acids is 2. The summed E-state index contributed by atoms with van der Waals surface area (Å²) >= 11 is 1.55. The van der Waals surface area contributed by atoms with Gasteiger partial charge in [-0.1, -0.05) is 30.0 Å². The Bertz CT molecular complexity index is 1010. The Balaban J connectivity index is 1.38. The van der Waals surface area contributed by atoms with Crippen molar-refractivity contribution >= 4 is 35.0 Å². The van der Waals surface area contributed by atoms with Gasteiger partial charge in [-0.2, -0.15) is 5.10 Å². The molecular weight excluding hydrogens is 386 g/mol. The average Bonchev–Trinajstić information content (AvgIpc) is 3.45. The molecule has 1 aromatic heterocycles. The molecule has 1 aliphatic carbocycles. The molecule has 1 heterocycles. The summed E-state index contributed by atoms with van der Waals surface area (Å²) in [5.41, 5.74) is 3.98. The highest BCUT2D eigenvalue weighted by Crippen LogP contribution is 2.31. The van der Waals surface area contributed by atoms with Gasteiger partial charge in [-0.25, -0.2) is 4.98 Å². The number of nitrogens with zero attached hydrogens (tertiary/aromatic N) is 2. The number of H-pyrrole nitrogens is 1. The summed E-state index contributed by atoms with van der Waals surface area (Å²) in [6.07, 6.45) is 3.38. The summed E-state index contributed by atoms with van der Waals surface area (Å²) in [5.74, 6) is 0.729. The topological polar surface area (TPSA) is 99.8 Å². The second-order valence-corrected chi connectivity index (χ2v) is 7.99. The highest BCUT2D eigenvalue weighted by molar-refractivity contribution is 7.98. The first kappa shape index (κ1) is 19.2. The van der Waals surface area contributed by atoms with Gasteiger partial charge in [0.1, 0.15) is 6.33 Å². The molecule has 0 spiro atoms. The molecule has 7 nitrogen and oxygen atoms in total. The lowest BCUT2D eigenvalue weighted by molar-refractivity contribution is -0.117. The predicted octanol–water partition coefficient (Wildman–Crippen LogP) is 4.01. The molecule has 3 aromatic rings. The minimum Gasteiger partial charge on any atom is -0.326 e. The van der Waals surface area contributed by atoms with Crippen LogP contribution >= 0.6 is 11.8 Å². The monoisotopic (exact) mass is 407 g/mol. The number of rotatable bonds is 7. The van der Waals surface area contributed by atoms with E-state index in [9.17, 15) is 9.59 Å². The molecule has 1 saturated carbocycles. The third-order valence-corrected chi connectivity index (χ3v) is 5.63. The van der Waals surface area contributed by atoms with Crippen LogP contribution in [0.4, 0.5) is 11.4 Å². The minimum atomic E-state index is -0.187. The first-order valence-electron chi connectivity index (χ1n) is 9.38. The van der Waals surface area contributed by atoms with E-state index in [0.717, 1.165) is 34.9 Å². The molecule has 0 aliphatic heterocycles. The van der Waals surface area contributed by atoms with Gasteiger partial charge in [-0.05, 0) is 55.2 Å². The van der Waals surface area contributed by atoms with E-state index < -0.39 is 0 Å². The number of benzene rings is 2. The van der Waals surface area contributed by atoms with Crippen LogP contribution in [0.15, 0.2) is 53.9 Å². The highest BCUT2D eigenvalue weighted by atomic mass is 32.2. The smallest absolute Gasteiger partial charge is 0.255 e. The SMILES string of the molecule is Cc1ccc(NC(=O)C2CC2)cc1NC(=O)c1ccc(CSc2ncn[nH]2)cc1. The molecule has 0 atom stereocenters. The number of nitrogens with one attached hydrogen (secondary N) is 3. The number of aromatic nitrogens is 3. The molecule has 148 valence electrons. The summed E-state index contributed by atoms with van der Waals surface area (Å²) in [6.45, 7) is 1.92. The first-order valence-corrected chi connectivity index (χ1v) is 10.4. The normalized spacial score (nSPS) is 13.1. The maximum atomic E-state index is 12.6. The molecule has 29 heavy (non-hydrogen) atoms. The van der Waals surface area contributed by atoms with Gasteiger partial charge in [0.05, 0.1) is 0 Å². The molecule has 4 rings (SSSR count). The van der Waals surface area contributed by atoms with E-state index in [1.54, 1.807) is 30.0 Å². The van der Waals surface area contributed by atoms with Crippen molar-refractivity contribution in [1.29, 1.82) is 0 Å². The zero-order chi connectivity index (χ0) is 20.2. The Morgan fingerprint density at radius 3 is 2.62 bits per heavy atom. The van der Waals surface area contributed by atoms with Crippen LogP contribution in [0.3, 0.4) is 0 Å². The average molecular weight is 407 g/mol. The Kier molecular flexibility index (Phi) is 5.62. The van der Waals surface area contributed by atoms with Crippen molar-refractivity contribution in [2.24, 2.45) is 5.92 Å². The van der Waals surface area contributed by atoms with Crippen molar-refractivity contribution in [3.8, 4) is 0 Å². The van der Waals surface area contributed by atoms with Gasteiger partial charge in [0.15, 0.2) is 5.16 Å². The summed E-state index contributed by atoms with van der Waals surface area (Å²) in [5, 5.41) is 13.2. The number of anilines is 2. The van der Waals surface area contributed by atoms with Crippen LogP contribution in [0.25, 0.3) is 0 Å². The quantitative estimate of drug-likeness (QED) is 0.514. The molecular formula is C21H21N5O2S. The number of hydrogen-bond donors (Lipinski definition) is 3. The van der Waals surface area contributed by atoms with Gasteiger partial charge in [0.25, 0.3) is 5.91 Å². The van der Waals surface area contributed by atoms with Crippen LogP contribution in [0.2, 0.25) is 0 Å². The van der Waals surface area contributed by atoms with E-state index in [0.29, 0.717) is 16.9 Å². The molecule has 8 heteroatoms. The van der Waals surface area contributed by atoms with E-state index in [-0.39, 0.29) is 17.7 Å². The first-order chi connectivity index (χ1) is 14.1. The van der Waals surface area contributed by atoms with Gasteiger partial charge in [0.2, 0.25) is 5.91 Å². The lowest BCUT2D eigenvalue weighted by atomic mass is 10.1. The van der Waals surface area contributed by atoms with Crippen LogP contribution in [0.5, 0.6) is 0 Å². The fourth-order valence-corrected chi connectivity index (χ4v) is 3.52. The van der Waals surface area contributed by atoms with Gasteiger partial charge >= 0.3 is 0 Å². The molecule has 0 bridgehead atoms. The number of aromatic amines is 1. The predicted molar refractivity (Wildman–Crippen MR) is 113 cm³/mol. The van der Waals surface area contributed by atoms with Crippen molar-refractivity contribution in [3.63, 3.8) is 0 Å². The lowest BCUT2D eigenvalue weighted by Crippen LogP contribution is -2.15. The Morgan fingerprint density at radius 2 is 1.93 bits per heavy atom. The van der Waals surface area contributed by atoms with Gasteiger partial charge < -0.3 is 10.6 Å².